The molecule has 0 bridgehead atoms. The van der Waals surface area contributed by atoms with Crippen LogP contribution in [0.3, 0.4) is 0 Å². The van der Waals surface area contributed by atoms with Gasteiger partial charge in [0, 0.05) is 11.2 Å². The van der Waals surface area contributed by atoms with E-state index in [9.17, 15) is 9.18 Å². The van der Waals surface area contributed by atoms with Gasteiger partial charge < -0.3 is 11.1 Å². The molecule has 0 unspecified atom stereocenters. The minimum atomic E-state index is -0.397. The van der Waals surface area contributed by atoms with Crippen molar-refractivity contribution >= 4 is 33.0 Å². The summed E-state index contributed by atoms with van der Waals surface area (Å²) in [4.78, 5) is 12.2. The first-order valence-electron chi connectivity index (χ1n) is 5.50. The van der Waals surface area contributed by atoms with E-state index in [1.54, 1.807) is 18.2 Å². The molecular weight excluding hydrogens is 251 g/mol. The summed E-state index contributed by atoms with van der Waals surface area (Å²) < 4.78 is 14.3. The summed E-state index contributed by atoms with van der Waals surface area (Å²) in [5.74, 6) is -0.665. The Hall–Kier alpha value is -1.88. The van der Waals surface area contributed by atoms with E-state index in [1.807, 2.05) is 0 Å². The summed E-state index contributed by atoms with van der Waals surface area (Å²) in [5, 5.41) is 3.05. The van der Waals surface area contributed by atoms with Crippen molar-refractivity contribution in [3.63, 3.8) is 0 Å². The van der Waals surface area contributed by atoms with E-state index in [0.717, 1.165) is 0 Å². The summed E-state index contributed by atoms with van der Waals surface area (Å²) in [6.45, 7) is 4.07. The van der Waals surface area contributed by atoms with Crippen LogP contribution in [-0.4, -0.2) is 12.5 Å². The molecule has 1 heterocycles. The van der Waals surface area contributed by atoms with Crippen molar-refractivity contribution in [1.29, 1.82) is 0 Å². The molecular formula is C13H13FN2OS. The van der Waals surface area contributed by atoms with Crippen LogP contribution in [0.5, 0.6) is 0 Å². The van der Waals surface area contributed by atoms with E-state index in [2.05, 4.69) is 11.9 Å². The summed E-state index contributed by atoms with van der Waals surface area (Å²) in [6, 6.07) is 4.69. The normalized spacial score (nSPS) is 10.5. The molecule has 94 valence electrons. The standard InChI is InChI=1S/C13H13FN2OS/c1-2-3-7-16-13(17)12-11(15)10-8(14)5-4-6-9(10)18-12/h2,4-6H,1,3,7,15H2,(H,16,17). The number of fused-ring (bicyclic) bond motifs is 1. The van der Waals surface area contributed by atoms with Crippen molar-refractivity contribution < 1.29 is 9.18 Å². The van der Waals surface area contributed by atoms with E-state index in [-0.39, 0.29) is 11.6 Å². The smallest absolute Gasteiger partial charge is 0.263 e. The lowest BCUT2D eigenvalue weighted by Gasteiger charge is -2.01. The molecule has 0 aliphatic heterocycles. The number of hydrogen-bond acceptors (Lipinski definition) is 3. The lowest BCUT2D eigenvalue weighted by atomic mass is 10.2. The maximum absolute atomic E-state index is 13.6. The number of hydrogen-bond donors (Lipinski definition) is 2. The number of nitrogens with one attached hydrogen (secondary N) is 1. The molecule has 2 aromatic rings. The Kier molecular flexibility index (Phi) is 3.62. The molecule has 0 fully saturated rings. The lowest BCUT2D eigenvalue weighted by Crippen LogP contribution is -2.23. The molecule has 5 heteroatoms. The third-order valence-corrected chi connectivity index (χ3v) is 3.71. The van der Waals surface area contributed by atoms with Crippen LogP contribution in [-0.2, 0) is 0 Å². The number of carbonyl (C=O) groups is 1. The largest absolute Gasteiger partial charge is 0.397 e. The molecule has 0 spiro atoms. The first-order chi connectivity index (χ1) is 8.65. The second kappa shape index (κ2) is 5.18. The highest BCUT2D eigenvalue weighted by Gasteiger charge is 2.17. The molecule has 18 heavy (non-hydrogen) atoms. The van der Waals surface area contributed by atoms with Crippen LogP contribution in [0.4, 0.5) is 10.1 Å². The van der Waals surface area contributed by atoms with Gasteiger partial charge in [0.1, 0.15) is 10.7 Å². The number of nitrogen functional groups attached to an aromatic ring is 1. The van der Waals surface area contributed by atoms with E-state index < -0.39 is 5.82 Å². The van der Waals surface area contributed by atoms with Crippen molar-refractivity contribution in [2.24, 2.45) is 0 Å². The first kappa shape index (κ1) is 12.6. The molecule has 0 atom stereocenters. The zero-order valence-electron chi connectivity index (χ0n) is 9.70. The van der Waals surface area contributed by atoms with Crippen LogP contribution in [0.2, 0.25) is 0 Å². The maximum atomic E-state index is 13.6. The molecule has 3 N–H and O–H groups in total. The van der Waals surface area contributed by atoms with Gasteiger partial charge in [-0.1, -0.05) is 12.1 Å². The summed E-state index contributed by atoms with van der Waals surface area (Å²) >= 11 is 1.20. The molecule has 0 aliphatic rings. The molecule has 0 saturated heterocycles. The second-order valence-electron chi connectivity index (χ2n) is 3.79. The number of carbonyl (C=O) groups excluding carboxylic acids is 1. The molecule has 1 aromatic carbocycles. The van der Waals surface area contributed by atoms with E-state index in [1.165, 1.54) is 17.4 Å². The quantitative estimate of drug-likeness (QED) is 0.659. The van der Waals surface area contributed by atoms with Crippen LogP contribution >= 0.6 is 11.3 Å². The van der Waals surface area contributed by atoms with E-state index >= 15 is 0 Å². The SMILES string of the molecule is C=CCCNC(=O)c1sc2cccc(F)c2c1N. The highest BCUT2D eigenvalue weighted by atomic mass is 32.1. The van der Waals surface area contributed by atoms with Gasteiger partial charge >= 0.3 is 0 Å². The number of benzene rings is 1. The van der Waals surface area contributed by atoms with Crippen LogP contribution in [0.25, 0.3) is 10.1 Å². The van der Waals surface area contributed by atoms with Gasteiger partial charge in [0.15, 0.2) is 0 Å². The van der Waals surface area contributed by atoms with Crippen LogP contribution < -0.4 is 11.1 Å². The Morgan fingerprint density at radius 1 is 1.56 bits per heavy atom. The Morgan fingerprint density at radius 2 is 2.33 bits per heavy atom. The second-order valence-corrected chi connectivity index (χ2v) is 4.84. The Bertz CT molecular complexity index is 606. The molecule has 1 amide bonds. The van der Waals surface area contributed by atoms with Crippen LogP contribution in [0, 0.1) is 5.82 Å². The molecule has 0 radical (unpaired) electrons. The summed E-state index contributed by atoms with van der Waals surface area (Å²) in [7, 11) is 0. The summed E-state index contributed by atoms with van der Waals surface area (Å²) in [5.41, 5.74) is 6.05. The molecule has 3 nitrogen and oxygen atoms in total. The van der Waals surface area contributed by atoms with Crippen LogP contribution in [0.1, 0.15) is 16.1 Å². The highest BCUT2D eigenvalue weighted by Crippen LogP contribution is 2.35. The van der Waals surface area contributed by atoms with Gasteiger partial charge in [-0.25, -0.2) is 4.39 Å². The number of amides is 1. The van der Waals surface area contributed by atoms with Crippen molar-refractivity contribution in [2.45, 2.75) is 6.42 Å². The number of nitrogens with two attached hydrogens (primary N) is 1. The summed E-state index contributed by atoms with van der Waals surface area (Å²) in [6.07, 6.45) is 2.40. The van der Waals surface area contributed by atoms with E-state index in [4.69, 9.17) is 5.73 Å². The Balaban J connectivity index is 2.34. The first-order valence-corrected chi connectivity index (χ1v) is 6.32. The minimum absolute atomic E-state index is 0.212. The Labute approximate surface area is 108 Å². The van der Waals surface area contributed by atoms with E-state index in [0.29, 0.717) is 27.9 Å². The zero-order valence-corrected chi connectivity index (χ0v) is 10.5. The number of halogens is 1. The van der Waals surface area contributed by atoms with Gasteiger partial charge in [0.2, 0.25) is 0 Å². The van der Waals surface area contributed by atoms with Crippen molar-refractivity contribution in [2.75, 3.05) is 12.3 Å². The third-order valence-electron chi connectivity index (χ3n) is 2.54. The zero-order chi connectivity index (χ0) is 13.1. The fraction of sp³-hybridized carbons (Fsp3) is 0.154. The van der Waals surface area contributed by atoms with Crippen LogP contribution in [0.15, 0.2) is 30.9 Å². The average Bonchev–Trinajstić information content (AvgIpc) is 2.68. The van der Waals surface area contributed by atoms with Crippen molar-refractivity contribution in [3.8, 4) is 0 Å². The maximum Gasteiger partial charge on any atom is 0.263 e. The molecule has 0 aliphatic carbocycles. The lowest BCUT2D eigenvalue weighted by molar-refractivity contribution is 0.0959. The predicted molar refractivity (Wildman–Crippen MR) is 73.3 cm³/mol. The molecule has 0 saturated carbocycles. The van der Waals surface area contributed by atoms with Gasteiger partial charge in [0.25, 0.3) is 5.91 Å². The van der Waals surface area contributed by atoms with Gasteiger partial charge in [0.05, 0.1) is 11.1 Å². The predicted octanol–water partition coefficient (Wildman–Crippen LogP) is 2.93. The number of anilines is 1. The number of rotatable bonds is 4. The molecule has 2 rings (SSSR count). The highest BCUT2D eigenvalue weighted by molar-refractivity contribution is 7.21. The Morgan fingerprint density at radius 3 is 3.00 bits per heavy atom. The molecule has 1 aromatic heterocycles. The van der Waals surface area contributed by atoms with Gasteiger partial charge in [-0.05, 0) is 18.6 Å². The van der Waals surface area contributed by atoms with Crippen molar-refractivity contribution in [3.05, 3.63) is 41.5 Å². The van der Waals surface area contributed by atoms with Gasteiger partial charge in [-0.3, -0.25) is 4.79 Å². The van der Waals surface area contributed by atoms with Gasteiger partial charge in [-0.2, -0.15) is 0 Å². The van der Waals surface area contributed by atoms with Crippen molar-refractivity contribution in [1.82, 2.24) is 5.32 Å². The minimum Gasteiger partial charge on any atom is -0.397 e. The van der Waals surface area contributed by atoms with Gasteiger partial charge in [-0.15, -0.1) is 17.9 Å². The fourth-order valence-electron chi connectivity index (χ4n) is 1.67. The fourth-order valence-corrected chi connectivity index (χ4v) is 2.72. The topological polar surface area (TPSA) is 55.1 Å². The monoisotopic (exact) mass is 264 g/mol. The number of thiophene rings is 1. The average molecular weight is 264 g/mol. The third kappa shape index (κ3) is 2.22.